The van der Waals surface area contributed by atoms with Gasteiger partial charge in [-0.3, -0.25) is 0 Å². The molecule has 0 radical (unpaired) electrons. The first-order valence-electron chi connectivity index (χ1n) is 7.28. The molecule has 0 N–H and O–H groups in total. The van der Waals surface area contributed by atoms with Crippen LogP contribution in [0.25, 0.3) is 0 Å². The van der Waals surface area contributed by atoms with Crippen molar-refractivity contribution in [2.24, 2.45) is 5.92 Å². The molecule has 3 rings (SSSR count). The standard InChI is InChI=1S/C16H20N2O3/c1-10(2)6-15-17-16(21-18-15)12-7-11-4-5-13(19-3)8-14(11)20-9-12/h4-5,8,10,12H,6-7,9H2,1-3H3/t12-/m0/s1. The summed E-state index contributed by atoms with van der Waals surface area (Å²) in [6.45, 7) is 4.84. The Labute approximate surface area is 124 Å². The molecule has 0 aliphatic carbocycles. The number of fused-ring (bicyclic) bond motifs is 1. The van der Waals surface area contributed by atoms with Crippen molar-refractivity contribution < 1.29 is 14.0 Å². The Morgan fingerprint density at radius 1 is 1.38 bits per heavy atom. The van der Waals surface area contributed by atoms with E-state index in [1.807, 2.05) is 18.2 Å². The second-order valence-corrected chi connectivity index (χ2v) is 5.83. The van der Waals surface area contributed by atoms with E-state index in [0.717, 1.165) is 35.7 Å². The summed E-state index contributed by atoms with van der Waals surface area (Å²) in [7, 11) is 1.65. The predicted molar refractivity (Wildman–Crippen MR) is 77.8 cm³/mol. The van der Waals surface area contributed by atoms with Crippen LogP contribution < -0.4 is 9.47 Å². The van der Waals surface area contributed by atoms with Gasteiger partial charge in [0.1, 0.15) is 18.1 Å². The van der Waals surface area contributed by atoms with E-state index in [1.54, 1.807) is 7.11 Å². The maximum atomic E-state index is 5.82. The van der Waals surface area contributed by atoms with Crippen molar-refractivity contribution in [1.29, 1.82) is 0 Å². The van der Waals surface area contributed by atoms with Gasteiger partial charge in [0.2, 0.25) is 5.89 Å². The maximum absolute atomic E-state index is 5.82. The minimum atomic E-state index is 0.124. The Balaban J connectivity index is 1.75. The molecule has 2 heterocycles. The van der Waals surface area contributed by atoms with E-state index >= 15 is 0 Å². The van der Waals surface area contributed by atoms with Crippen molar-refractivity contribution in [2.45, 2.75) is 32.6 Å². The molecule has 21 heavy (non-hydrogen) atoms. The molecule has 0 fully saturated rings. The predicted octanol–water partition coefficient (Wildman–Crippen LogP) is 3.00. The number of nitrogens with zero attached hydrogens (tertiary/aromatic N) is 2. The maximum Gasteiger partial charge on any atom is 0.233 e. The van der Waals surface area contributed by atoms with Gasteiger partial charge in [0.05, 0.1) is 13.0 Å². The molecule has 2 aromatic rings. The van der Waals surface area contributed by atoms with E-state index < -0.39 is 0 Å². The third kappa shape index (κ3) is 3.01. The highest BCUT2D eigenvalue weighted by Gasteiger charge is 2.26. The van der Waals surface area contributed by atoms with Crippen molar-refractivity contribution in [2.75, 3.05) is 13.7 Å². The summed E-state index contributed by atoms with van der Waals surface area (Å²) >= 11 is 0. The largest absolute Gasteiger partial charge is 0.497 e. The lowest BCUT2D eigenvalue weighted by Crippen LogP contribution is -2.19. The lowest BCUT2D eigenvalue weighted by Gasteiger charge is -2.23. The molecule has 0 spiro atoms. The molecular formula is C16H20N2O3. The molecule has 0 bridgehead atoms. The first-order chi connectivity index (χ1) is 10.2. The first kappa shape index (κ1) is 13.9. The number of ether oxygens (including phenoxy) is 2. The van der Waals surface area contributed by atoms with E-state index in [9.17, 15) is 0 Å². The molecule has 0 saturated heterocycles. The molecule has 1 aromatic carbocycles. The number of benzene rings is 1. The molecule has 5 nitrogen and oxygen atoms in total. The first-order valence-corrected chi connectivity index (χ1v) is 7.28. The Morgan fingerprint density at radius 2 is 2.24 bits per heavy atom. The zero-order valence-corrected chi connectivity index (χ0v) is 12.6. The van der Waals surface area contributed by atoms with Crippen LogP contribution in [-0.2, 0) is 12.8 Å². The molecule has 1 aromatic heterocycles. The number of hydrogen-bond donors (Lipinski definition) is 0. The summed E-state index contributed by atoms with van der Waals surface area (Å²) in [6.07, 6.45) is 1.69. The van der Waals surface area contributed by atoms with Gasteiger partial charge in [-0.05, 0) is 24.0 Å². The van der Waals surface area contributed by atoms with Crippen LogP contribution in [0.3, 0.4) is 0 Å². The van der Waals surface area contributed by atoms with E-state index in [0.29, 0.717) is 18.4 Å². The van der Waals surface area contributed by atoms with Gasteiger partial charge in [-0.25, -0.2) is 0 Å². The van der Waals surface area contributed by atoms with Crippen LogP contribution in [0.15, 0.2) is 22.7 Å². The van der Waals surface area contributed by atoms with Gasteiger partial charge in [0, 0.05) is 12.5 Å². The van der Waals surface area contributed by atoms with Crippen molar-refractivity contribution in [1.82, 2.24) is 10.1 Å². The Morgan fingerprint density at radius 3 is 3.00 bits per heavy atom. The number of rotatable bonds is 4. The lowest BCUT2D eigenvalue weighted by atomic mass is 9.96. The topological polar surface area (TPSA) is 57.4 Å². The fraction of sp³-hybridized carbons (Fsp3) is 0.500. The average Bonchev–Trinajstić information content (AvgIpc) is 2.93. The van der Waals surface area contributed by atoms with Crippen molar-refractivity contribution in [3.05, 3.63) is 35.5 Å². The summed E-state index contributed by atoms with van der Waals surface area (Å²) < 4.78 is 16.4. The summed E-state index contributed by atoms with van der Waals surface area (Å²) in [4.78, 5) is 4.50. The fourth-order valence-corrected chi connectivity index (χ4v) is 2.52. The summed E-state index contributed by atoms with van der Waals surface area (Å²) in [6, 6.07) is 5.90. The highest BCUT2D eigenvalue weighted by Crippen LogP contribution is 2.34. The fourth-order valence-electron chi connectivity index (χ4n) is 2.52. The molecular weight excluding hydrogens is 268 g/mol. The van der Waals surface area contributed by atoms with Gasteiger partial charge in [0.15, 0.2) is 5.82 Å². The second-order valence-electron chi connectivity index (χ2n) is 5.83. The van der Waals surface area contributed by atoms with Crippen molar-refractivity contribution in [3.8, 4) is 11.5 Å². The van der Waals surface area contributed by atoms with Crippen LogP contribution in [0, 0.1) is 5.92 Å². The van der Waals surface area contributed by atoms with Gasteiger partial charge in [-0.2, -0.15) is 4.98 Å². The molecule has 0 amide bonds. The van der Waals surface area contributed by atoms with Crippen LogP contribution in [0.5, 0.6) is 11.5 Å². The smallest absolute Gasteiger partial charge is 0.233 e. The van der Waals surface area contributed by atoms with Gasteiger partial charge in [0.25, 0.3) is 0 Å². The van der Waals surface area contributed by atoms with Gasteiger partial charge in [-0.1, -0.05) is 25.1 Å². The normalized spacial score (nSPS) is 17.4. The van der Waals surface area contributed by atoms with E-state index in [4.69, 9.17) is 14.0 Å². The molecule has 0 unspecified atom stereocenters. The van der Waals surface area contributed by atoms with E-state index in [2.05, 4.69) is 24.0 Å². The highest BCUT2D eigenvalue weighted by atomic mass is 16.5. The van der Waals surface area contributed by atoms with Crippen LogP contribution >= 0.6 is 0 Å². The third-order valence-electron chi connectivity index (χ3n) is 3.60. The number of methoxy groups -OCH3 is 1. The molecule has 1 atom stereocenters. The Kier molecular flexibility index (Phi) is 3.82. The zero-order valence-electron chi connectivity index (χ0n) is 12.6. The quantitative estimate of drug-likeness (QED) is 0.865. The average molecular weight is 288 g/mol. The number of hydrogen-bond acceptors (Lipinski definition) is 5. The molecule has 5 heteroatoms. The summed E-state index contributed by atoms with van der Waals surface area (Å²) in [5, 5.41) is 4.05. The number of aromatic nitrogens is 2. The monoisotopic (exact) mass is 288 g/mol. The van der Waals surface area contributed by atoms with E-state index in [1.165, 1.54) is 0 Å². The summed E-state index contributed by atoms with van der Waals surface area (Å²) in [5.74, 6) is 3.79. The van der Waals surface area contributed by atoms with Crippen LogP contribution in [0.4, 0.5) is 0 Å². The highest BCUT2D eigenvalue weighted by molar-refractivity contribution is 5.42. The summed E-state index contributed by atoms with van der Waals surface area (Å²) in [5.41, 5.74) is 1.15. The molecule has 1 aliphatic heterocycles. The van der Waals surface area contributed by atoms with Crippen LogP contribution in [0.1, 0.15) is 37.0 Å². The van der Waals surface area contributed by atoms with Gasteiger partial charge >= 0.3 is 0 Å². The van der Waals surface area contributed by atoms with Gasteiger partial charge in [-0.15, -0.1) is 0 Å². The third-order valence-corrected chi connectivity index (χ3v) is 3.60. The van der Waals surface area contributed by atoms with Crippen molar-refractivity contribution >= 4 is 0 Å². The lowest BCUT2D eigenvalue weighted by molar-refractivity contribution is 0.229. The minimum absolute atomic E-state index is 0.124. The van der Waals surface area contributed by atoms with Crippen LogP contribution in [0.2, 0.25) is 0 Å². The van der Waals surface area contributed by atoms with Gasteiger partial charge < -0.3 is 14.0 Å². The Bertz CT molecular complexity index is 622. The zero-order chi connectivity index (χ0) is 14.8. The van der Waals surface area contributed by atoms with Crippen LogP contribution in [-0.4, -0.2) is 23.9 Å². The van der Waals surface area contributed by atoms with E-state index in [-0.39, 0.29) is 5.92 Å². The van der Waals surface area contributed by atoms with Crippen molar-refractivity contribution in [3.63, 3.8) is 0 Å². The molecule has 0 saturated carbocycles. The second kappa shape index (κ2) is 5.76. The SMILES string of the molecule is COc1ccc2c(c1)OC[C@@H](c1nc(CC(C)C)no1)C2. The molecule has 112 valence electrons. The minimum Gasteiger partial charge on any atom is -0.497 e. The molecule has 1 aliphatic rings. The Hall–Kier alpha value is -2.04.